The van der Waals surface area contributed by atoms with Gasteiger partial charge in [0.1, 0.15) is 12.1 Å². The zero-order valence-corrected chi connectivity index (χ0v) is 17.1. The van der Waals surface area contributed by atoms with E-state index in [-0.39, 0.29) is 18.0 Å². The molecule has 1 fully saturated rings. The number of hydrogen-bond donors (Lipinski definition) is 1. The standard InChI is InChI=1S/C26H21N3O2/c1-16-8-7-11-18(14-16)28-25(30)22-15-20-19-12-5-6-13-21(19)27-23(20)24(29(22)26(28)31)17-9-3-2-4-10-17/h2-14,22,24,27H,15H2,1H3/t22-,24+/m1/s1. The van der Waals surface area contributed by atoms with Crippen molar-refractivity contribution in [1.29, 1.82) is 0 Å². The molecule has 3 heterocycles. The number of aryl methyl sites for hydroxylation is 1. The van der Waals surface area contributed by atoms with Gasteiger partial charge in [-0.1, -0.05) is 60.7 Å². The molecule has 0 aliphatic carbocycles. The summed E-state index contributed by atoms with van der Waals surface area (Å²) in [5, 5.41) is 1.12. The van der Waals surface area contributed by atoms with E-state index in [1.165, 1.54) is 4.90 Å². The molecule has 31 heavy (non-hydrogen) atoms. The Morgan fingerprint density at radius 2 is 1.68 bits per heavy atom. The summed E-state index contributed by atoms with van der Waals surface area (Å²) in [6.07, 6.45) is 0.509. The number of para-hydroxylation sites is 1. The van der Waals surface area contributed by atoms with E-state index in [1.807, 2.05) is 79.7 Å². The number of aromatic amines is 1. The van der Waals surface area contributed by atoms with Crippen LogP contribution in [0.5, 0.6) is 0 Å². The Bertz CT molecular complexity index is 1340. The molecule has 0 saturated carbocycles. The molecule has 2 atom stereocenters. The van der Waals surface area contributed by atoms with Crippen LogP contribution in [0.2, 0.25) is 0 Å². The molecule has 3 amide bonds. The molecule has 0 radical (unpaired) electrons. The number of benzene rings is 3. The van der Waals surface area contributed by atoms with Crippen molar-refractivity contribution >= 4 is 28.5 Å². The van der Waals surface area contributed by atoms with Crippen LogP contribution in [0.4, 0.5) is 10.5 Å². The number of H-pyrrole nitrogens is 1. The van der Waals surface area contributed by atoms with Gasteiger partial charge in [0.05, 0.1) is 5.69 Å². The number of carbonyl (C=O) groups is 2. The Kier molecular flexibility index (Phi) is 3.81. The van der Waals surface area contributed by atoms with Gasteiger partial charge in [-0.15, -0.1) is 0 Å². The fourth-order valence-electron chi connectivity index (χ4n) is 5.06. The molecule has 5 heteroatoms. The molecular formula is C26H21N3O2. The maximum absolute atomic E-state index is 13.7. The van der Waals surface area contributed by atoms with Crippen LogP contribution < -0.4 is 4.90 Å². The second kappa shape index (κ2) is 6.57. The number of hydrogen-bond acceptors (Lipinski definition) is 2. The number of aromatic nitrogens is 1. The van der Waals surface area contributed by atoms with Crippen molar-refractivity contribution in [1.82, 2.24) is 9.88 Å². The molecule has 3 aromatic carbocycles. The SMILES string of the molecule is Cc1cccc(N2C(=O)[C@H]3Cc4c([nH]c5ccccc45)[C@H](c4ccccc4)N3C2=O)c1. The van der Waals surface area contributed by atoms with Crippen molar-refractivity contribution in [3.63, 3.8) is 0 Å². The number of nitrogens with one attached hydrogen (secondary N) is 1. The van der Waals surface area contributed by atoms with E-state index < -0.39 is 6.04 Å². The van der Waals surface area contributed by atoms with E-state index in [0.29, 0.717) is 12.1 Å². The minimum absolute atomic E-state index is 0.160. The van der Waals surface area contributed by atoms with Crippen molar-refractivity contribution in [2.24, 2.45) is 0 Å². The summed E-state index contributed by atoms with van der Waals surface area (Å²) >= 11 is 0. The second-order valence-electron chi connectivity index (χ2n) is 8.30. The first kappa shape index (κ1) is 18.0. The van der Waals surface area contributed by atoms with E-state index in [1.54, 1.807) is 4.90 Å². The van der Waals surface area contributed by atoms with Gasteiger partial charge in [0, 0.05) is 23.0 Å². The number of anilines is 1. The van der Waals surface area contributed by atoms with E-state index in [4.69, 9.17) is 0 Å². The summed E-state index contributed by atoms with van der Waals surface area (Å²) < 4.78 is 0. The van der Waals surface area contributed by atoms with Crippen molar-refractivity contribution < 1.29 is 9.59 Å². The Balaban J connectivity index is 1.55. The van der Waals surface area contributed by atoms with Gasteiger partial charge in [0.2, 0.25) is 0 Å². The third-order valence-electron chi connectivity index (χ3n) is 6.42. The average Bonchev–Trinajstić information content (AvgIpc) is 3.28. The lowest BCUT2D eigenvalue weighted by Crippen LogP contribution is -2.44. The van der Waals surface area contributed by atoms with Crippen LogP contribution in [0, 0.1) is 6.92 Å². The molecule has 152 valence electrons. The minimum Gasteiger partial charge on any atom is -0.356 e. The first-order valence-electron chi connectivity index (χ1n) is 10.5. The van der Waals surface area contributed by atoms with Crippen LogP contribution in [0.1, 0.15) is 28.4 Å². The highest BCUT2D eigenvalue weighted by Crippen LogP contribution is 2.44. The molecule has 0 spiro atoms. The lowest BCUT2D eigenvalue weighted by Gasteiger charge is -2.36. The lowest BCUT2D eigenvalue weighted by molar-refractivity contribution is -0.120. The van der Waals surface area contributed by atoms with Gasteiger partial charge in [0.15, 0.2) is 0 Å². The monoisotopic (exact) mass is 407 g/mol. The van der Waals surface area contributed by atoms with E-state index in [0.717, 1.165) is 33.3 Å². The van der Waals surface area contributed by atoms with Crippen LogP contribution in [0.25, 0.3) is 10.9 Å². The van der Waals surface area contributed by atoms with Gasteiger partial charge in [0.25, 0.3) is 5.91 Å². The predicted molar refractivity (Wildman–Crippen MR) is 120 cm³/mol. The van der Waals surface area contributed by atoms with Gasteiger partial charge in [-0.2, -0.15) is 0 Å². The van der Waals surface area contributed by atoms with Crippen LogP contribution in [0.3, 0.4) is 0 Å². The highest BCUT2D eigenvalue weighted by Gasteiger charge is 2.53. The molecule has 4 aromatic rings. The summed E-state index contributed by atoms with van der Waals surface area (Å²) in [7, 11) is 0. The van der Waals surface area contributed by atoms with Crippen LogP contribution in [-0.2, 0) is 11.2 Å². The average molecular weight is 407 g/mol. The first-order valence-corrected chi connectivity index (χ1v) is 10.5. The fraction of sp³-hybridized carbons (Fsp3) is 0.154. The number of nitrogens with zero attached hydrogens (tertiary/aromatic N) is 2. The summed E-state index contributed by atoms with van der Waals surface area (Å²) in [4.78, 5) is 33.9. The largest absolute Gasteiger partial charge is 0.356 e. The van der Waals surface area contributed by atoms with E-state index >= 15 is 0 Å². The predicted octanol–water partition coefficient (Wildman–Crippen LogP) is 4.96. The Morgan fingerprint density at radius 3 is 2.48 bits per heavy atom. The minimum atomic E-state index is -0.523. The summed E-state index contributed by atoms with van der Waals surface area (Å²) in [6.45, 7) is 1.96. The molecule has 5 nitrogen and oxygen atoms in total. The summed E-state index contributed by atoms with van der Waals surface area (Å²) in [5.74, 6) is -0.160. The van der Waals surface area contributed by atoms with Crippen LogP contribution >= 0.6 is 0 Å². The number of fused-ring (bicyclic) bond motifs is 4. The third kappa shape index (κ3) is 2.56. The highest BCUT2D eigenvalue weighted by molar-refractivity contribution is 6.22. The highest BCUT2D eigenvalue weighted by atomic mass is 16.2. The number of rotatable bonds is 2. The Hall–Kier alpha value is -3.86. The normalized spacial score (nSPS) is 20.3. The number of imide groups is 1. The van der Waals surface area contributed by atoms with Crippen molar-refractivity contribution in [2.75, 3.05) is 4.90 Å². The van der Waals surface area contributed by atoms with Crippen molar-refractivity contribution in [3.05, 3.63) is 101 Å². The fourth-order valence-corrected chi connectivity index (χ4v) is 5.06. The zero-order chi connectivity index (χ0) is 21.1. The van der Waals surface area contributed by atoms with Gasteiger partial charge in [-0.25, -0.2) is 9.69 Å². The molecule has 1 aromatic heterocycles. The maximum Gasteiger partial charge on any atom is 0.332 e. The molecule has 0 bridgehead atoms. The van der Waals surface area contributed by atoms with Gasteiger partial charge in [-0.05, 0) is 41.8 Å². The molecule has 1 saturated heterocycles. The first-order chi connectivity index (χ1) is 15.1. The third-order valence-corrected chi connectivity index (χ3v) is 6.42. The van der Waals surface area contributed by atoms with Crippen LogP contribution in [-0.4, -0.2) is 27.9 Å². The quantitative estimate of drug-likeness (QED) is 0.478. The number of amides is 3. The second-order valence-corrected chi connectivity index (χ2v) is 8.30. The van der Waals surface area contributed by atoms with E-state index in [9.17, 15) is 9.59 Å². The Morgan fingerprint density at radius 1 is 0.903 bits per heavy atom. The van der Waals surface area contributed by atoms with Crippen molar-refractivity contribution in [3.8, 4) is 0 Å². The molecule has 0 unspecified atom stereocenters. The maximum atomic E-state index is 13.7. The molecule has 2 aliphatic heterocycles. The Labute approximate surface area is 179 Å². The number of carbonyl (C=O) groups excluding carboxylic acids is 2. The smallest absolute Gasteiger partial charge is 0.332 e. The molecule has 6 rings (SSSR count). The molecule has 2 aliphatic rings. The summed E-state index contributed by atoms with van der Waals surface area (Å²) in [5.41, 5.74) is 5.79. The topological polar surface area (TPSA) is 56.4 Å². The molecule has 1 N–H and O–H groups in total. The van der Waals surface area contributed by atoms with Crippen LogP contribution in [0.15, 0.2) is 78.9 Å². The van der Waals surface area contributed by atoms with Gasteiger partial charge in [-0.3, -0.25) is 9.69 Å². The molecular weight excluding hydrogens is 386 g/mol. The van der Waals surface area contributed by atoms with Gasteiger partial charge < -0.3 is 4.98 Å². The lowest BCUT2D eigenvalue weighted by atomic mass is 9.89. The van der Waals surface area contributed by atoms with Crippen molar-refractivity contribution in [2.45, 2.75) is 25.4 Å². The number of urea groups is 1. The zero-order valence-electron chi connectivity index (χ0n) is 17.1. The van der Waals surface area contributed by atoms with Gasteiger partial charge >= 0.3 is 6.03 Å². The summed E-state index contributed by atoms with van der Waals surface area (Å²) in [6, 6.07) is 24.5. The van der Waals surface area contributed by atoms with E-state index in [2.05, 4.69) is 11.1 Å².